The lowest BCUT2D eigenvalue weighted by molar-refractivity contribution is -0.121. The molecule has 1 aliphatic rings. The van der Waals surface area contributed by atoms with E-state index in [0.717, 1.165) is 12.8 Å². The molecule has 1 aliphatic carbocycles. The summed E-state index contributed by atoms with van der Waals surface area (Å²) in [6.45, 7) is 4.07. The summed E-state index contributed by atoms with van der Waals surface area (Å²) in [4.78, 5) is 11.5. The van der Waals surface area contributed by atoms with Crippen molar-refractivity contribution in [1.29, 1.82) is 0 Å². The van der Waals surface area contributed by atoms with Gasteiger partial charge in [-0.15, -0.1) is 6.42 Å². The van der Waals surface area contributed by atoms with Crippen LogP contribution in [0.25, 0.3) is 0 Å². The molecule has 1 amide bonds. The van der Waals surface area contributed by atoms with E-state index in [4.69, 9.17) is 6.42 Å². The van der Waals surface area contributed by atoms with E-state index in [1.165, 1.54) is 12.8 Å². The number of nitrogens with one attached hydrogen (secondary N) is 2. The van der Waals surface area contributed by atoms with Crippen molar-refractivity contribution in [1.82, 2.24) is 10.6 Å². The van der Waals surface area contributed by atoms with Crippen LogP contribution in [0.15, 0.2) is 0 Å². The maximum Gasteiger partial charge on any atom is 0.234 e. The smallest absolute Gasteiger partial charge is 0.234 e. The third kappa shape index (κ3) is 4.35. The molecule has 0 saturated heterocycles. The van der Waals surface area contributed by atoms with Gasteiger partial charge in [0.2, 0.25) is 5.91 Å². The van der Waals surface area contributed by atoms with Crippen molar-refractivity contribution in [2.24, 2.45) is 0 Å². The fraction of sp³-hybridized carbons (Fsp3) is 0.750. The van der Waals surface area contributed by atoms with Crippen LogP contribution in [0.4, 0.5) is 0 Å². The summed E-state index contributed by atoms with van der Waals surface area (Å²) < 4.78 is 0. The molecule has 1 fully saturated rings. The summed E-state index contributed by atoms with van der Waals surface area (Å²) in [5.41, 5.74) is -0.410. The molecule has 1 rings (SSSR count). The first kappa shape index (κ1) is 12.1. The van der Waals surface area contributed by atoms with Crippen molar-refractivity contribution < 1.29 is 4.79 Å². The lowest BCUT2D eigenvalue weighted by Crippen LogP contribution is -2.46. The predicted molar refractivity (Wildman–Crippen MR) is 61.3 cm³/mol. The van der Waals surface area contributed by atoms with E-state index in [1.807, 2.05) is 13.8 Å². The molecule has 0 aromatic heterocycles. The van der Waals surface area contributed by atoms with Gasteiger partial charge in [-0.05, 0) is 26.7 Å². The molecule has 0 bridgehead atoms. The zero-order valence-electron chi connectivity index (χ0n) is 9.60. The average molecular weight is 208 g/mol. The monoisotopic (exact) mass is 208 g/mol. The lowest BCUT2D eigenvalue weighted by atomic mass is 10.1. The highest BCUT2D eigenvalue weighted by atomic mass is 16.2. The van der Waals surface area contributed by atoms with E-state index < -0.39 is 5.54 Å². The minimum atomic E-state index is -0.410. The topological polar surface area (TPSA) is 41.1 Å². The third-order valence-electron chi connectivity index (χ3n) is 2.77. The molecule has 0 aromatic carbocycles. The van der Waals surface area contributed by atoms with E-state index in [2.05, 4.69) is 16.6 Å². The van der Waals surface area contributed by atoms with E-state index in [-0.39, 0.29) is 5.91 Å². The normalized spacial score (nSPS) is 17.4. The van der Waals surface area contributed by atoms with Crippen molar-refractivity contribution in [2.45, 2.75) is 51.1 Å². The Hall–Kier alpha value is -1.01. The van der Waals surface area contributed by atoms with Crippen molar-refractivity contribution in [3.05, 3.63) is 0 Å². The van der Waals surface area contributed by atoms with Crippen LogP contribution in [0.3, 0.4) is 0 Å². The highest BCUT2D eigenvalue weighted by Crippen LogP contribution is 2.17. The zero-order valence-corrected chi connectivity index (χ0v) is 9.60. The Morgan fingerprint density at radius 2 is 2.07 bits per heavy atom. The number of carbonyl (C=O) groups excluding carboxylic acids is 1. The number of terminal acetylenes is 1. The molecule has 0 aliphatic heterocycles. The molecule has 0 unspecified atom stereocenters. The van der Waals surface area contributed by atoms with Gasteiger partial charge < -0.3 is 5.32 Å². The molecule has 0 aromatic rings. The van der Waals surface area contributed by atoms with Crippen molar-refractivity contribution in [3.8, 4) is 12.3 Å². The van der Waals surface area contributed by atoms with Crippen LogP contribution in [0.2, 0.25) is 0 Å². The fourth-order valence-corrected chi connectivity index (χ4v) is 1.70. The van der Waals surface area contributed by atoms with Crippen LogP contribution in [-0.4, -0.2) is 24.0 Å². The van der Waals surface area contributed by atoms with Crippen LogP contribution >= 0.6 is 0 Å². The Balaban J connectivity index is 2.22. The number of carbonyl (C=O) groups is 1. The van der Waals surface area contributed by atoms with Gasteiger partial charge in [0.1, 0.15) is 0 Å². The molecule has 84 valence electrons. The quantitative estimate of drug-likeness (QED) is 0.678. The van der Waals surface area contributed by atoms with E-state index in [9.17, 15) is 4.79 Å². The van der Waals surface area contributed by atoms with Crippen LogP contribution < -0.4 is 10.6 Å². The Morgan fingerprint density at radius 1 is 1.47 bits per heavy atom. The summed E-state index contributed by atoms with van der Waals surface area (Å²) in [6.07, 6.45) is 10.0. The molecule has 0 atom stereocenters. The Kier molecular flexibility index (Phi) is 4.16. The van der Waals surface area contributed by atoms with Crippen molar-refractivity contribution in [3.63, 3.8) is 0 Å². The molecule has 1 saturated carbocycles. The average Bonchev–Trinajstić information content (AvgIpc) is 2.68. The maximum atomic E-state index is 11.5. The number of amides is 1. The second-order valence-corrected chi connectivity index (χ2v) is 4.67. The largest absolute Gasteiger partial charge is 0.352 e. The van der Waals surface area contributed by atoms with Gasteiger partial charge in [-0.25, -0.2) is 0 Å². The second-order valence-electron chi connectivity index (χ2n) is 4.67. The van der Waals surface area contributed by atoms with Crippen LogP contribution in [0.5, 0.6) is 0 Å². The SMILES string of the molecule is C#CC(C)(C)NCC(=O)NC1CCCC1. The number of hydrogen-bond donors (Lipinski definition) is 2. The summed E-state index contributed by atoms with van der Waals surface area (Å²) in [5.74, 6) is 2.65. The van der Waals surface area contributed by atoms with Crippen LogP contribution in [-0.2, 0) is 4.79 Å². The summed E-state index contributed by atoms with van der Waals surface area (Å²) >= 11 is 0. The molecular weight excluding hydrogens is 188 g/mol. The van der Waals surface area contributed by atoms with E-state index in [0.29, 0.717) is 12.6 Å². The number of rotatable bonds is 4. The van der Waals surface area contributed by atoms with Crippen molar-refractivity contribution in [2.75, 3.05) is 6.54 Å². The highest BCUT2D eigenvalue weighted by molar-refractivity contribution is 5.78. The predicted octanol–water partition coefficient (Wildman–Crippen LogP) is 1.05. The molecule has 0 spiro atoms. The zero-order chi connectivity index (χ0) is 11.3. The second kappa shape index (κ2) is 5.18. The molecule has 2 N–H and O–H groups in total. The molecule has 0 radical (unpaired) electrons. The molecule has 3 heteroatoms. The summed E-state index contributed by atoms with van der Waals surface area (Å²) in [6, 6.07) is 0.383. The fourth-order valence-electron chi connectivity index (χ4n) is 1.70. The van der Waals surface area contributed by atoms with Gasteiger partial charge in [-0.2, -0.15) is 0 Å². The first-order chi connectivity index (χ1) is 7.03. The van der Waals surface area contributed by atoms with Gasteiger partial charge in [-0.3, -0.25) is 10.1 Å². The van der Waals surface area contributed by atoms with Crippen LogP contribution in [0, 0.1) is 12.3 Å². The Labute approximate surface area is 92.0 Å². The first-order valence-corrected chi connectivity index (χ1v) is 5.56. The van der Waals surface area contributed by atoms with Gasteiger partial charge in [0.25, 0.3) is 0 Å². The highest BCUT2D eigenvalue weighted by Gasteiger charge is 2.19. The Morgan fingerprint density at radius 3 is 2.60 bits per heavy atom. The Bertz CT molecular complexity index is 259. The van der Waals surface area contributed by atoms with Crippen LogP contribution in [0.1, 0.15) is 39.5 Å². The van der Waals surface area contributed by atoms with Gasteiger partial charge in [0.05, 0.1) is 12.1 Å². The maximum absolute atomic E-state index is 11.5. The van der Waals surface area contributed by atoms with E-state index >= 15 is 0 Å². The first-order valence-electron chi connectivity index (χ1n) is 5.56. The standard InChI is InChI=1S/C12H20N2O/c1-4-12(2,3)13-9-11(15)14-10-7-5-6-8-10/h1,10,13H,5-9H2,2-3H3,(H,14,15). The van der Waals surface area contributed by atoms with Gasteiger partial charge in [-0.1, -0.05) is 18.8 Å². The third-order valence-corrected chi connectivity index (χ3v) is 2.77. The summed E-state index contributed by atoms with van der Waals surface area (Å²) in [5, 5.41) is 6.04. The molecule has 3 nitrogen and oxygen atoms in total. The van der Waals surface area contributed by atoms with Crippen molar-refractivity contribution >= 4 is 5.91 Å². The molecular formula is C12H20N2O. The number of hydrogen-bond acceptors (Lipinski definition) is 2. The minimum absolute atomic E-state index is 0.0465. The van der Waals surface area contributed by atoms with Gasteiger partial charge in [0, 0.05) is 6.04 Å². The molecule has 0 heterocycles. The van der Waals surface area contributed by atoms with E-state index in [1.54, 1.807) is 0 Å². The lowest BCUT2D eigenvalue weighted by Gasteiger charge is -2.20. The van der Waals surface area contributed by atoms with Gasteiger partial charge in [0.15, 0.2) is 0 Å². The molecule has 15 heavy (non-hydrogen) atoms. The minimum Gasteiger partial charge on any atom is -0.352 e. The van der Waals surface area contributed by atoms with Gasteiger partial charge >= 0.3 is 0 Å². The summed E-state index contributed by atoms with van der Waals surface area (Å²) in [7, 11) is 0.